The van der Waals surface area contributed by atoms with Crippen LogP contribution in [0.2, 0.25) is 0 Å². The highest BCUT2D eigenvalue weighted by molar-refractivity contribution is 9.10. The highest BCUT2D eigenvalue weighted by Crippen LogP contribution is 2.20. The van der Waals surface area contributed by atoms with Gasteiger partial charge in [0.2, 0.25) is 0 Å². The van der Waals surface area contributed by atoms with Gasteiger partial charge >= 0.3 is 5.97 Å². The monoisotopic (exact) mass is 401 g/mol. The van der Waals surface area contributed by atoms with Crippen molar-refractivity contribution in [1.29, 1.82) is 0 Å². The van der Waals surface area contributed by atoms with Crippen LogP contribution in [0.4, 0.5) is 0 Å². The Bertz CT molecular complexity index is 898. The molecular weight excluding hydrogens is 386 g/mol. The first kappa shape index (κ1) is 17.1. The van der Waals surface area contributed by atoms with Gasteiger partial charge in [0, 0.05) is 10.0 Å². The number of nitrogens with zero attached hydrogens (tertiary/aromatic N) is 4. The third-order valence-electron chi connectivity index (χ3n) is 3.42. The van der Waals surface area contributed by atoms with Crippen molar-refractivity contribution in [1.82, 2.24) is 25.0 Å². The Morgan fingerprint density at radius 2 is 2.16 bits per heavy atom. The zero-order chi connectivity index (χ0) is 17.8. The highest BCUT2D eigenvalue weighted by Gasteiger charge is 2.14. The Morgan fingerprint density at radius 1 is 1.40 bits per heavy atom. The minimum Gasteiger partial charge on any atom is -0.461 e. The van der Waals surface area contributed by atoms with Gasteiger partial charge in [-0.3, -0.25) is 5.10 Å². The molecule has 0 radical (unpaired) electrons. The molecule has 0 spiro atoms. The number of carbonyl (C=O) groups excluding carboxylic acids is 1. The number of carbonyl (C=O) groups is 1. The summed E-state index contributed by atoms with van der Waals surface area (Å²) < 4.78 is 7.62. The minimum absolute atomic E-state index is 0.241. The highest BCUT2D eigenvalue weighted by atomic mass is 79.9. The van der Waals surface area contributed by atoms with Gasteiger partial charge in [-0.1, -0.05) is 34.6 Å². The van der Waals surface area contributed by atoms with E-state index in [1.165, 1.54) is 0 Å². The number of aromatic nitrogens is 5. The zero-order valence-electron chi connectivity index (χ0n) is 13.6. The molecule has 1 N–H and O–H groups in total. The van der Waals surface area contributed by atoms with Crippen molar-refractivity contribution in [3.63, 3.8) is 0 Å². The number of H-pyrrole nitrogens is 1. The number of ether oxygens (including phenoxy) is 1. The van der Waals surface area contributed by atoms with Crippen molar-refractivity contribution in [3.05, 3.63) is 58.6 Å². The topological polar surface area (TPSA) is 85.7 Å². The van der Waals surface area contributed by atoms with E-state index in [-0.39, 0.29) is 5.69 Å². The molecular formula is C17H16BrN5O2. The van der Waals surface area contributed by atoms with E-state index >= 15 is 0 Å². The Labute approximate surface area is 152 Å². The summed E-state index contributed by atoms with van der Waals surface area (Å²) in [6.07, 6.45) is 1.64. The molecule has 2 heterocycles. The van der Waals surface area contributed by atoms with Crippen LogP contribution >= 0.6 is 15.9 Å². The van der Waals surface area contributed by atoms with E-state index in [1.54, 1.807) is 23.7 Å². The Morgan fingerprint density at radius 3 is 2.84 bits per heavy atom. The number of hydrogen-bond donors (Lipinski definition) is 1. The first-order chi connectivity index (χ1) is 12.1. The summed E-state index contributed by atoms with van der Waals surface area (Å²) >= 11 is 3.41. The maximum atomic E-state index is 11.7. The lowest BCUT2D eigenvalue weighted by molar-refractivity contribution is 0.0519. The Balaban J connectivity index is 1.84. The Hall–Kier alpha value is -2.74. The molecule has 0 aliphatic heterocycles. The molecule has 0 unspecified atom stereocenters. The van der Waals surface area contributed by atoms with E-state index in [2.05, 4.69) is 42.8 Å². The number of nitrogens with one attached hydrogen (secondary N) is 1. The SMILES string of the molecule is C=Cc1nc(-c2ccc(Br)cc2)nn1Cc1cc(C(=O)OCC)n[nH]1. The molecule has 8 heteroatoms. The smallest absolute Gasteiger partial charge is 0.358 e. The van der Waals surface area contributed by atoms with Crippen LogP contribution in [0.3, 0.4) is 0 Å². The summed E-state index contributed by atoms with van der Waals surface area (Å²) in [5.74, 6) is 0.779. The Kier molecular flexibility index (Phi) is 5.08. The van der Waals surface area contributed by atoms with Gasteiger partial charge in [-0.15, -0.1) is 0 Å². The van der Waals surface area contributed by atoms with Crippen molar-refractivity contribution in [2.45, 2.75) is 13.5 Å². The number of rotatable bonds is 6. The second-order valence-electron chi connectivity index (χ2n) is 5.16. The van der Waals surface area contributed by atoms with Crippen molar-refractivity contribution in [2.75, 3.05) is 6.61 Å². The van der Waals surface area contributed by atoms with Gasteiger partial charge in [-0.2, -0.15) is 10.2 Å². The quantitative estimate of drug-likeness (QED) is 0.640. The lowest BCUT2D eigenvalue weighted by Crippen LogP contribution is -2.05. The second-order valence-corrected chi connectivity index (χ2v) is 6.08. The predicted molar refractivity (Wildman–Crippen MR) is 96.9 cm³/mol. The second kappa shape index (κ2) is 7.43. The van der Waals surface area contributed by atoms with Gasteiger partial charge in [-0.25, -0.2) is 14.5 Å². The van der Waals surface area contributed by atoms with Gasteiger partial charge in [0.1, 0.15) is 0 Å². The van der Waals surface area contributed by atoms with Crippen LogP contribution < -0.4 is 0 Å². The van der Waals surface area contributed by atoms with Crippen molar-refractivity contribution < 1.29 is 9.53 Å². The summed E-state index contributed by atoms with van der Waals surface area (Å²) in [5, 5.41) is 11.3. The summed E-state index contributed by atoms with van der Waals surface area (Å²) in [6.45, 7) is 6.23. The van der Waals surface area contributed by atoms with Crippen molar-refractivity contribution in [3.8, 4) is 11.4 Å². The van der Waals surface area contributed by atoms with Crippen LogP contribution in [-0.2, 0) is 11.3 Å². The van der Waals surface area contributed by atoms with E-state index < -0.39 is 5.97 Å². The van der Waals surface area contributed by atoms with Crippen LogP contribution in [0.25, 0.3) is 17.5 Å². The number of aromatic amines is 1. The fourth-order valence-electron chi connectivity index (χ4n) is 2.26. The molecule has 2 aromatic heterocycles. The molecule has 3 rings (SSSR count). The van der Waals surface area contributed by atoms with Crippen LogP contribution in [0.1, 0.15) is 28.9 Å². The molecule has 0 saturated carbocycles. The molecule has 0 bridgehead atoms. The maximum Gasteiger partial charge on any atom is 0.358 e. The lowest BCUT2D eigenvalue weighted by Gasteiger charge is -2.00. The summed E-state index contributed by atoms with van der Waals surface area (Å²) in [6, 6.07) is 9.39. The van der Waals surface area contributed by atoms with Crippen molar-refractivity contribution in [2.24, 2.45) is 0 Å². The fraction of sp³-hybridized carbons (Fsp3) is 0.176. The van der Waals surface area contributed by atoms with Gasteiger partial charge in [0.05, 0.1) is 18.8 Å². The molecule has 0 amide bonds. The molecule has 3 aromatic rings. The average molecular weight is 402 g/mol. The summed E-state index contributed by atoms with van der Waals surface area (Å²) in [4.78, 5) is 16.2. The third-order valence-corrected chi connectivity index (χ3v) is 3.95. The first-order valence-electron chi connectivity index (χ1n) is 7.65. The number of benzene rings is 1. The molecule has 0 saturated heterocycles. The molecule has 0 atom stereocenters. The minimum atomic E-state index is -0.455. The fourth-order valence-corrected chi connectivity index (χ4v) is 2.52. The van der Waals surface area contributed by atoms with E-state index in [0.29, 0.717) is 24.8 Å². The van der Waals surface area contributed by atoms with Crippen LogP contribution in [0.15, 0.2) is 41.4 Å². The molecule has 1 aromatic carbocycles. The average Bonchev–Trinajstić information content (AvgIpc) is 3.23. The lowest BCUT2D eigenvalue weighted by atomic mass is 10.2. The van der Waals surface area contributed by atoms with Gasteiger partial charge in [0.15, 0.2) is 17.3 Å². The number of halogens is 1. The van der Waals surface area contributed by atoms with Gasteiger partial charge in [-0.05, 0) is 31.2 Å². The van der Waals surface area contributed by atoms with Crippen LogP contribution in [0.5, 0.6) is 0 Å². The molecule has 0 fully saturated rings. The van der Waals surface area contributed by atoms with Gasteiger partial charge < -0.3 is 4.74 Å². The molecule has 7 nitrogen and oxygen atoms in total. The third kappa shape index (κ3) is 3.85. The normalized spacial score (nSPS) is 10.6. The zero-order valence-corrected chi connectivity index (χ0v) is 15.2. The van der Waals surface area contributed by atoms with E-state index in [0.717, 1.165) is 15.7 Å². The number of esters is 1. The maximum absolute atomic E-state index is 11.7. The predicted octanol–water partition coefficient (Wildman–Crippen LogP) is 3.30. The summed E-state index contributed by atoms with van der Waals surface area (Å²) in [7, 11) is 0. The first-order valence-corrected chi connectivity index (χ1v) is 8.44. The van der Waals surface area contributed by atoms with E-state index in [4.69, 9.17) is 4.74 Å². The van der Waals surface area contributed by atoms with Crippen LogP contribution in [0, 0.1) is 0 Å². The van der Waals surface area contributed by atoms with Crippen LogP contribution in [-0.4, -0.2) is 37.5 Å². The largest absolute Gasteiger partial charge is 0.461 e. The van der Waals surface area contributed by atoms with E-state index in [1.807, 2.05) is 24.3 Å². The standard InChI is InChI=1S/C17H16BrN5O2/c1-3-15-19-16(11-5-7-12(18)8-6-11)22-23(15)10-13-9-14(21-20-13)17(24)25-4-2/h3,5-9H,1,4,10H2,2H3,(H,20,21). The molecule has 25 heavy (non-hydrogen) atoms. The molecule has 0 aliphatic rings. The number of hydrogen-bond acceptors (Lipinski definition) is 5. The van der Waals surface area contributed by atoms with E-state index in [9.17, 15) is 4.79 Å². The summed E-state index contributed by atoms with van der Waals surface area (Å²) in [5.41, 5.74) is 1.87. The molecule has 0 aliphatic carbocycles. The van der Waals surface area contributed by atoms with Gasteiger partial charge in [0.25, 0.3) is 0 Å². The van der Waals surface area contributed by atoms with Crippen molar-refractivity contribution >= 4 is 28.0 Å². The molecule has 128 valence electrons.